The highest BCUT2D eigenvalue weighted by atomic mass is 35.5. The second-order valence-corrected chi connectivity index (χ2v) is 8.63. The quantitative estimate of drug-likeness (QED) is 0.708. The first kappa shape index (κ1) is 21.0. The summed E-state index contributed by atoms with van der Waals surface area (Å²) in [6, 6.07) is 13.5. The fraction of sp³-hybridized carbons (Fsp3) is 0.417. The number of piperidine rings is 1. The lowest BCUT2D eigenvalue weighted by molar-refractivity contribution is -0.118. The Balaban J connectivity index is 1.19. The molecule has 0 saturated carbocycles. The molecule has 3 heterocycles. The Bertz CT molecular complexity index is 862. The van der Waals surface area contributed by atoms with Crippen molar-refractivity contribution in [1.82, 2.24) is 15.2 Å². The summed E-state index contributed by atoms with van der Waals surface area (Å²) in [7, 11) is 0. The molecule has 1 aromatic heterocycles. The first-order valence-corrected chi connectivity index (χ1v) is 11.0. The molecular weight excluding hydrogens is 398 g/mol. The number of carbonyl (C=O) groups is 1. The fourth-order valence-corrected chi connectivity index (χ4v) is 4.39. The third kappa shape index (κ3) is 5.69. The molecule has 1 N–H and O–H groups in total. The Hall–Kier alpha value is -2.21. The molecule has 1 atom stereocenters. The number of ether oxygens (including phenoxy) is 1. The summed E-state index contributed by atoms with van der Waals surface area (Å²) in [4.78, 5) is 19.0. The molecular formula is C24H28ClN3O2. The van der Waals surface area contributed by atoms with Gasteiger partial charge in [-0.1, -0.05) is 29.8 Å². The van der Waals surface area contributed by atoms with Crippen LogP contribution in [-0.2, 0) is 16.1 Å². The van der Waals surface area contributed by atoms with Gasteiger partial charge in [0.1, 0.15) is 0 Å². The van der Waals surface area contributed by atoms with Crippen molar-refractivity contribution < 1.29 is 9.53 Å². The summed E-state index contributed by atoms with van der Waals surface area (Å²) in [5, 5.41) is 3.66. The van der Waals surface area contributed by atoms with E-state index in [9.17, 15) is 4.79 Å². The first-order valence-electron chi connectivity index (χ1n) is 10.6. The van der Waals surface area contributed by atoms with Crippen molar-refractivity contribution in [1.29, 1.82) is 0 Å². The van der Waals surface area contributed by atoms with Gasteiger partial charge in [0.05, 0.1) is 17.4 Å². The van der Waals surface area contributed by atoms with Gasteiger partial charge in [0.15, 0.2) is 0 Å². The highest BCUT2D eigenvalue weighted by Gasteiger charge is 2.42. The highest BCUT2D eigenvalue weighted by molar-refractivity contribution is 6.30. The van der Waals surface area contributed by atoms with Crippen molar-refractivity contribution >= 4 is 23.6 Å². The van der Waals surface area contributed by atoms with E-state index in [-0.39, 0.29) is 17.6 Å². The lowest BCUT2D eigenvalue weighted by Crippen LogP contribution is -2.44. The summed E-state index contributed by atoms with van der Waals surface area (Å²) in [6.07, 6.45) is 9.46. The Morgan fingerprint density at radius 2 is 2.00 bits per heavy atom. The van der Waals surface area contributed by atoms with E-state index in [1.807, 2.05) is 42.6 Å². The summed E-state index contributed by atoms with van der Waals surface area (Å²) in [6.45, 7) is 3.51. The number of nitrogens with zero attached hydrogens (tertiary/aromatic N) is 2. The maximum Gasteiger partial charge on any atom is 0.244 e. The minimum atomic E-state index is -0.0975. The van der Waals surface area contributed by atoms with E-state index in [1.54, 1.807) is 12.2 Å². The molecule has 1 amide bonds. The molecule has 2 aliphatic rings. The van der Waals surface area contributed by atoms with Crippen molar-refractivity contribution in [3.05, 3.63) is 71.0 Å². The lowest BCUT2D eigenvalue weighted by Gasteiger charge is -2.39. The van der Waals surface area contributed by atoms with Crippen molar-refractivity contribution in [3.8, 4) is 0 Å². The summed E-state index contributed by atoms with van der Waals surface area (Å²) < 4.78 is 6.42. The van der Waals surface area contributed by atoms with E-state index < -0.39 is 0 Å². The summed E-state index contributed by atoms with van der Waals surface area (Å²) in [5.41, 5.74) is 2.05. The average Bonchev–Trinajstić information content (AvgIpc) is 3.17. The second-order valence-electron chi connectivity index (χ2n) is 8.19. The van der Waals surface area contributed by atoms with E-state index in [0.717, 1.165) is 56.6 Å². The number of aromatic nitrogens is 1. The lowest BCUT2D eigenvalue weighted by atomic mass is 9.88. The molecule has 1 aromatic carbocycles. The van der Waals surface area contributed by atoms with Gasteiger partial charge in [0.2, 0.25) is 5.91 Å². The van der Waals surface area contributed by atoms with Gasteiger partial charge in [-0.15, -0.1) is 0 Å². The third-order valence-corrected chi connectivity index (χ3v) is 6.27. The van der Waals surface area contributed by atoms with Crippen LogP contribution in [0.25, 0.3) is 6.08 Å². The van der Waals surface area contributed by atoms with Crippen LogP contribution in [0.1, 0.15) is 36.9 Å². The van der Waals surface area contributed by atoms with Gasteiger partial charge >= 0.3 is 0 Å². The minimum Gasteiger partial charge on any atom is -0.370 e. The summed E-state index contributed by atoms with van der Waals surface area (Å²) >= 11 is 5.88. The molecule has 0 aliphatic carbocycles. The van der Waals surface area contributed by atoms with Crippen LogP contribution in [0.4, 0.5) is 0 Å². The van der Waals surface area contributed by atoms with Gasteiger partial charge in [0, 0.05) is 43.5 Å². The molecule has 30 heavy (non-hydrogen) atoms. The Morgan fingerprint density at radius 1 is 1.20 bits per heavy atom. The molecule has 4 rings (SSSR count). The standard InChI is InChI=1S/C24H28ClN3O2/c25-20-7-4-19(5-8-20)6-9-23(29)27-17-22-10-11-24(30-22)12-15-28(16-13-24)18-21-3-1-2-14-26-21/h1-9,14,22H,10-13,15-18H2,(H,27,29)/b9-6+. The number of hydrogen-bond donors (Lipinski definition) is 1. The highest BCUT2D eigenvalue weighted by Crippen LogP contribution is 2.38. The maximum absolute atomic E-state index is 12.1. The van der Waals surface area contributed by atoms with Crippen LogP contribution < -0.4 is 5.32 Å². The number of rotatable bonds is 6. The number of benzene rings is 1. The number of pyridine rings is 1. The number of hydrogen-bond acceptors (Lipinski definition) is 4. The smallest absolute Gasteiger partial charge is 0.244 e. The van der Waals surface area contributed by atoms with Gasteiger partial charge in [-0.3, -0.25) is 14.7 Å². The van der Waals surface area contributed by atoms with Crippen LogP contribution in [0.3, 0.4) is 0 Å². The van der Waals surface area contributed by atoms with Crippen LogP contribution in [0, 0.1) is 0 Å². The summed E-state index contributed by atoms with van der Waals surface area (Å²) in [5.74, 6) is -0.0975. The first-order chi connectivity index (χ1) is 14.6. The molecule has 2 aliphatic heterocycles. The van der Waals surface area contributed by atoms with E-state index in [2.05, 4.69) is 21.3 Å². The number of halogens is 1. The zero-order valence-corrected chi connectivity index (χ0v) is 17.9. The normalized spacial score (nSPS) is 21.3. The SMILES string of the molecule is O=C(/C=C/c1ccc(Cl)cc1)NCC1CCC2(CCN(Cc3ccccn3)CC2)O1. The molecule has 158 valence electrons. The predicted molar refractivity (Wildman–Crippen MR) is 119 cm³/mol. The molecule has 2 aromatic rings. The number of nitrogens with one attached hydrogen (secondary N) is 1. The molecule has 2 fully saturated rings. The number of carbonyl (C=O) groups excluding carboxylic acids is 1. The monoisotopic (exact) mass is 425 g/mol. The third-order valence-electron chi connectivity index (χ3n) is 6.02. The van der Waals surface area contributed by atoms with Gasteiger partial charge in [-0.05, 0) is 61.6 Å². The van der Waals surface area contributed by atoms with Crippen molar-refractivity contribution in [2.75, 3.05) is 19.6 Å². The zero-order chi connectivity index (χ0) is 20.8. The Labute approximate surface area is 183 Å². The number of amides is 1. The molecule has 1 spiro atoms. The van der Waals surface area contributed by atoms with Gasteiger partial charge < -0.3 is 10.1 Å². The molecule has 1 unspecified atom stereocenters. The van der Waals surface area contributed by atoms with Crippen molar-refractivity contribution in [2.24, 2.45) is 0 Å². The topological polar surface area (TPSA) is 54.5 Å². The van der Waals surface area contributed by atoms with E-state index >= 15 is 0 Å². The van der Waals surface area contributed by atoms with Gasteiger partial charge in [-0.25, -0.2) is 0 Å². The Morgan fingerprint density at radius 3 is 2.73 bits per heavy atom. The molecule has 0 radical (unpaired) electrons. The fourth-order valence-electron chi connectivity index (χ4n) is 4.27. The van der Waals surface area contributed by atoms with Crippen LogP contribution >= 0.6 is 11.6 Å². The molecule has 6 heteroatoms. The van der Waals surface area contributed by atoms with E-state index in [1.165, 1.54) is 0 Å². The zero-order valence-electron chi connectivity index (χ0n) is 17.1. The molecule has 0 bridgehead atoms. The van der Waals surface area contributed by atoms with Crippen molar-refractivity contribution in [2.45, 2.75) is 43.9 Å². The van der Waals surface area contributed by atoms with Crippen LogP contribution in [0.15, 0.2) is 54.7 Å². The van der Waals surface area contributed by atoms with Crippen LogP contribution in [-0.4, -0.2) is 47.1 Å². The average molecular weight is 426 g/mol. The molecule has 2 saturated heterocycles. The van der Waals surface area contributed by atoms with Gasteiger partial charge in [0.25, 0.3) is 0 Å². The minimum absolute atomic E-state index is 0.0187. The second kappa shape index (κ2) is 9.73. The van der Waals surface area contributed by atoms with Gasteiger partial charge in [-0.2, -0.15) is 0 Å². The maximum atomic E-state index is 12.1. The largest absolute Gasteiger partial charge is 0.370 e. The number of likely N-dealkylation sites (tertiary alicyclic amines) is 1. The van der Waals surface area contributed by atoms with Crippen LogP contribution in [0.5, 0.6) is 0 Å². The Kier molecular flexibility index (Phi) is 6.82. The van der Waals surface area contributed by atoms with E-state index in [0.29, 0.717) is 11.6 Å². The predicted octanol–water partition coefficient (Wildman–Crippen LogP) is 4.08. The molecule has 5 nitrogen and oxygen atoms in total. The van der Waals surface area contributed by atoms with Crippen LogP contribution in [0.2, 0.25) is 5.02 Å². The van der Waals surface area contributed by atoms with E-state index in [4.69, 9.17) is 16.3 Å². The van der Waals surface area contributed by atoms with Crippen molar-refractivity contribution in [3.63, 3.8) is 0 Å².